The van der Waals surface area contributed by atoms with Gasteiger partial charge in [-0.05, 0) is 26.3 Å². The minimum absolute atomic E-state index is 0.0432. The van der Waals surface area contributed by atoms with Gasteiger partial charge in [-0.25, -0.2) is 0 Å². The molecule has 0 radical (unpaired) electrons. The molecule has 1 aromatic carbocycles. The zero-order chi connectivity index (χ0) is 16.9. The van der Waals surface area contributed by atoms with E-state index in [0.717, 1.165) is 0 Å². The predicted molar refractivity (Wildman–Crippen MR) is 92.8 cm³/mol. The second-order valence-electron chi connectivity index (χ2n) is 6.99. The van der Waals surface area contributed by atoms with Crippen molar-refractivity contribution in [3.05, 3.63) is 65.5 Å². The number of benzene rings is 1. The van der Waals surface area contributed by atoms with Crippen LogP contribution in [0.4, 0.5) is 0 Å². The summed E-state index contributed by atoms with van der Waals surface area (Å²) < 4.78 is 15.2. The van der Waals surface area contributed by atoms with Crippen molar-refractivity contribution < 1.29 is 14.0 Å². The SMILES string of the molecule is CCOC1(OCC)C2c3ccccc3C(C)(c3cccc[n+]32)C1C. The van der Waals surface area contributed by atoms with E-state index in [1.807, 2.05) is 0 Å². The molecule has 2 aromatic rings. The smallest absolute Gasteiger partial charge is 0.240 e. The van der Waals surface area contributed by atoms with Gasteiger partial charge in [0, 0.05) is 36.8 Å². The number of pyridine rings is 1. The molecule has 3 heterocycles. The van der Waals surface area contributed by atoms with Gasteiger partial charge in [0.05, 0.1) is 5.41 Å². The Morgan fingerprint density at radius 3 is 2.38 bits per heavy atom. The first kappa shape index (κ1) is 15.8. The predicted octanol–water partition coefficient (Wildman–Crippen LogP) is 3.60. The van der Waals surface area contributed by atoms with Crippen molar-refractivity contribution in [3.63, 3.8) is 0 Å². The Morgan fingerprint density at radius 1 is 1.00 bits per heavy atom. The molecule has 3 heteroatoms. The summed E-state index contributed by atoms with van der Waals surface area (Å²) in [6.45, 7) is 10.0. The molecule has 126 valence electrons. The minimum Gasteiger partial charge on any atom is -0.344 e. The molecule has 0 spiro atoms. The lowest BCUT2D eigenvalue weighted by Crippen LogP contribution is -2.73. The van der Waals surface area contributed by atoms with Gasteiger partial charge >= 0.3 is 0 Å². The van der Waals surface area contributed by atoms with E-state index >= 15 is 0 Å². The lowest BCUT2D eigenvalue weighted by atomic mass is 9.56. The van der Waals surface area contributed by atoms with Crippen LogP contribution in [0.2, 0.25) is 0 Å². The largest absolute Gasteiger partial charge is 0.344 e. The van der Waals surface area contributed by atoms with Gasteiger partial charge in [-0.15, -0.1) is 0 Å². The zero-order valence-electron chi connectivity index (χ0n) is 15.0. The Bertz CT molecular complexity index is 716. The molecule has 0 fully saturated rings. The number of hydrogen-bond acceptors (Lipinski definition) is 2. The Balaban J connectivity index is 2.08. The summed E-state index contributed by atoms with van der Waals surface area (Å²) in [6, 6.07) is 15.3. The maximum Gasteiger partial charge on any atom is 0.240 e. The van der Waals surface area contributed by atoms with Crippen molar-refractivity contribution >= 4 is 0 Å². The first-order valence-electron chi connectivity index (χ1n) is 8.99. The van der Waals surface area contributed by atoms with Gasteiger partial charge in [-0.1, -0.05) is 37.3 Å². The van der Waals surface area contributed by atoms with E-state index in [4.69, 9.17) is 9.47 Å². The highest BCUT2D eigenvalue weighted by atomic mass is 16.7. The second kappa shape index (κ2) is 5.40. The van der Waals surface area contributed by atoms with Gasteiger partial charge in [-0.3, -0.25) is 0 Å². The van der Waals surface area contributed by atoms with Crippen LogP contribution in [0.25, 0.3) is 0 Å². The van der Waals surface area contributed by atoms with Gasteiger partial charge in [0.1, 0.15) is 0 Å². The van der Waals surface area contributed by atoms with Crippen molar-refractivity contribution in [2.75, 3.05) is 13.2 Å². The van der Waals surface area contributed by atoms with Crippen molar-refractivity contribution in [1.29, 1.82) is 0 Å². The van der Waals surface area contributed by atoms with Crippen LogP contribution < -0.4 is 4.57 Å². The topological polar surface area (TPSA) is 22.3 Å². The fraction of sp³-hybridized carbons (Fsp3) is 0.476. The summed E-state index contributed by atoms with van der Waals surface area (Å²) >= 11 is 0. The molecule has 3 unspecified atom stereocenters. The van der Waals surface area contributed by atoms with Gasteiger partial charge in [0.25, 0.3) is 0 Å². The fourth-order valence-electron chi connectivity index (χ4n) is 5.02. The van der Waals surface area contributed by atoms with Crippen LogP contribution in [0.1, 0.15) is 50.6 Å². The maximum atomic E-state index is 6.39. The number of aromatic nitrogens is 1. The molecule has 0 N–H and O–H groups in total. The lowest BCUT2D eigenvalue weighted by Gasteiger charge is -2.55. The number of rotatable bonds is 4. The molecule has 3 nitrogen and oxygen atoms in total. The number of fused-ring (bicyclic) bond motifs is 1. The Morgan fingerprint density at radius 2 is 1.67 bits per heavy atom. The third-order valence-electron chi connectivity index (χ3n) is 6.11. The normalized spacial score (nSPS) is 29.2. The van der Waals surface area contributed by atoms with E-state index in [-0.39, 0.29) is 17.4 Å². The highest BCUT2D eigenvalue weighted by molar-refractivity contribution is 5.48. The first-order valence-corrected chi connectivity index (χ1v) is 8.99. The molecule has 1 aliphatic carbocycles. The maximum absolute atomic E-state index is 6.39. The molecular weight excluding hydrogens is 298 g/mol. The molecule has 3 atom stereocenters. The van der Waals surface area contributed by atoms with Crippen molar-refractivity contribution in [1.82, 2.24) is 0 Å². The van der Waals surface area contributed by atoms with Crippen molar-refractivity contribution in [2.45, 2.75) is 44.9 Å². The van der Waals surface area contributed by atoms with Gasteiger partial charge in [-0.2, -0.15) is 4.57 Å². The molecule has 0 amide bonds. The van der Waals surface area contributed by atoms with Crippen molar-refractivity contribution in [3.8, 4) is 0 Å². The highest BCUT2D eigenvalue weighted by Crippen LogP contribution is 2.58. The monoisotopic (exact) mass is 324 g/mol. The fourth-order valence-corrected chi connectivity index (χ4v) is 5.02. The standard InChI is InChI=1S/C21H26NO2/c1-5-23-21(24-6-2)15(3)20(4)17-12-8-7-11-16(17)19(21)22-14-10-9-13-18(20)22/h7-15,19H,5-6H2,1-4H3/q+1. The summed E-state index contributed by atoms with van der Waals surface area (Å²) in [5.41, 5.74) is 3.93. The average Bonchev–Trinajstić information content (AvgIpc) is 2.60. The highest BCUT2D eigenvalue weighted by Gasteiger charge is 2.69. The number of nitrogens with zero attached hydrogens (tertiary/aromatic N) is 1. The molecule has 5 rings (SSSR count). The van der Waals surface area contributed by atoms with Crippen LogP contribution in [-0.4, -0.2) is 19.0 Å². The van der Waals surface area contributed by atoms with Gasteiger partial charge in [0.2, 0.25) is 11.8 Å². The Kier molecular flexibility index (Phi) is 3.55. The van der Waals surface area contributed by atoms with E-state index in [1.54, 1.807) is 0 Å². The quantitative estimate of drug-likeness (QED) is 0.633. The first-order chi connectivity index (χ1) is 11.6. The Labute approximate surface area is 144 Å². The summed E-state index contributed by atoms with van der Waals surface area (Å²) in [6.07, 6.45) is 2.17. The molecular formula is C21H26NO2+. The van der Waals surface area contributed by atoms with Crippen LogP contribution in [0.3, 0.4) is 0 Å². The third kappa shape index (κ3) is 1.72. The zero-order valence-corrected chi connectivity index (χ0v) is 15.0. The number of ether oxygens (including phenoxy) is 2. The molecule has 3 aliphatic rings. The van der Waals surface area contributed by atoms with E-state index in [0.29, 0.717) is 13.2 Å². The summed E-state index contributed by atoms with van der Waals surface area (Å²) in [4.78, 5) is 0. The average molecular weight is 324 g/mol. The van der Waals surface area contributed by atoms with Crippen LogP contribution in [-0.2, 0) is 14.9 Å². The van der Waals surface area contributed by atoms with Gasteiger partial charge < -0.3 is 9.47 Å². The molecule has 2 bridgehead atoms. The van der Waals surface area contributed by atoms with Crippen molar-refractivity contribution in [2.24, 2.45) is 5.92 Å². The lowest BCUT2D eigenvalue weighted by molar-refractivity contribution is -0.764. The van der Waals surface area contributed by atoms with E-state index in [1.165, 1.54) is 16.8 Å². The van der Waals surface area contributed by atoms with E-state index < -0.39 is 5.79 Å². The van der Waals surface area contributed by atoms with Gasteiger partial charge in [0.15, 0.2) is 11.9 Å². The van der Waals surface area contributed by atoms with Crippen LogP contribution >= 0.6 is 0 Å². The van der Waals surface area contributed by atoms with Crippen LogP contribution in [0.15, 0.2) is 48.7 Å². The summed E-state index contributed by atoms with van der Waals surface area (Å²) in [5, 5.41) is 0. The summed E-state index contributed by atoms with van der Waals surface area (Å²) in [7, 11) is 0. The molecule has 0 saturated carbocycles. The Hall–Kier alpha value is -1.71. The molecule has 2 aliphatic heterocycles. The molecule has 1 aromatic heterocycles. The van der Waals surface area contributed by atoms with Crippen LogP contribution in [0, 0.1) is 5.92 Å². The minimum atomic E-state index is -0.633. The number of hydrogen-bond donors (Lipinski definition) is 0. The van der Waals surface area contributed by atoms with E-state index in [9.17, 15) is 0 Å². The van der Waals surface area contributed by atoms with E-state index in [2.05, 4.69) is 80.9 Å². The van der Waals surface area contributed by atoms with Crippen LogP contribution in [0.5, 0.6) is 0 Å². The summed E-state index contributed by atoms with van der Waals surface area (Å²) in [5.74, 6) is -0.418. The third-order valence-corrected chi connectivity index (χ3v) is 6.11. The molecule has 0 saturated heterocycles. The molecule has 24 heavy (non-hydrogen) atoms. The second-order valence-corrected chi connectivity index (χ2v) is 6.99.